The maximum Gasteiger partial charge on any atom is 0.347 e. The molecule has 11 heteroatoms. The first kappa shape index (κ1) is 31.7. The number of carboxylic acids is 1. The minimum absolute atomic E-state index is 0.0154. The van der Waals surface area contributed by atoms with Crippen LogP contribution in [0, 0.1) is 12.8 Å². The van der Waals surface area contributed by atoms with Gasteiger partial charge in [-0.1, -0.05) is 75.4 Å². The van der Waals surface area contributed by atoms with Gasteiger partial charge in [-0.25, -0.2) is 18.2 Å². The summed E-state index contributed by atoms with van der Waals surface area (Å²) in [6, 6.07) is 14.1. The number of carbonyl (C=O) groups excluding carboxylic acids is 1. The third kappa shape index (κ3) is 7.37. The summed E-state index contributed by atoms with van der Waals surface area (Å²) in [7, 11) is -3.92. The molecule has 0 unspecified atom stereocenters. The number of carboxylic acid groups (broad SMARTS) is 1. The molecule has 4 rings (SSSR count). The summed E-state index contributed by atoms with van der Waals surface area (Å²) in [6.07, 6.45) is 0.872. The van der Waals surface area contributed by atoms with E-state index in [1.54, 1.807) is 19.1 Å². The number of piperidine rings is 1. The van der Waals surface area contributed by atoms with Gasteiger partial charge in [0.1, 0.15) is 10.9 Å². The monoisotopic (exact) mass is 612 g/mol. The van der Waals surface area contributed by atoms with Crippen LogP contribution in [-0.2, 0) is 21.4 Å². The van der Waals surface area contributed by atoms with Gasteiger partial charge >= 0.3 is 5.97 Å². The zero-order valence-corrected chi connectivity index (χ0v) is 26.4. The molecule has 1 aliphatic heterocycles. The lowest BCUT2D eigenvalue weighted by molar-refractivity contribution is -0.126. The molecular formula is C31H40N4O5S2. The second-order valence-electron chi connectivity index (χ2n) is 11.5. The fraction of sp³-hybridized carbons (Fsp3) is 0.452. The van der Waals surface area contributed by atoms with Crippen LogP contribution < -0.4 is 10.6 Å². The summed E-state index contributed by atoms with van der Waals surface area (Å²) in [4.78, 5) is 29.7. The minimum atomic E-state index is -3.92. The van der Waals surface area contributed by atoms with E-state index in [1.807, 2.05) is 36.4 Å². The van der Waals surface area contributed by atoms with Crippen LogP contribution in [0.3, 0.4) is 0 Å². The van der Waals surface area contributed by atoms with Gasteiger partial charge in [-0.2, -0.15) is 4.31 Å². The number of amides is 1. The van der Waals surface area contributed by atoms with Crippen molar-refractivity contribution in [1.82, 2.24) is 14.6 Å². The molecule has 0 aliphatic carbocycles. The first-order valence-electron chi connectivity index (χ1n) is 14.3. The number of hydrogen-bond donors (Lipinski definition) is 3. The number of aromatic nitrogens is 1. The van der Waals surface area contributed by atoms with E-state index < -0.39 is 22.0 Å². The summed E-state index contributed by atoms with van der Waals surface area (Å²) < 4.78 is 29.0. The van der Waals surface area contributed by atoms with Crippen molar-refractivity contribution in [2.75, 3.05) is 18.4 Å². The molecular weight excluding hydrogens is 572 g/mol. The van der Waals surface area contributed by atoms with Crippen molar-refractivity contribution in [1.29, 1.82) is 0 Å². The van der Waals surface area contributed by atoms with E-state index in [-0.39, 0.29) is 34.1 Å². The summed E-state index contributed by atoms with van der Waals surface area (Å²) in [5.41, 5.74) is 3.63. The summed E-state index contributed by atoms with van der Waals surface area (Å²) in [5, 5.41) is 16.0. The second kappa shape index (κ2) is 13.4. The highest BCUT2D eigenvalue weighted by Crippen LogP contribution is 2.31. The molecule has 0 spiro atoms. The molecule has 1 amide bonds. The van der Waals surface area contributed by atoms with Crippen LogP contribution >= 0.6 is 11.3 Å². The summed E-state index contributed by atoms with van der Waals surface area (Å²) in [6.45, 7) is 10.9. The number of benzene rings is 2. The third-order valence-corrected chi connectivity index (χ3v) is 10.8. The van der Waals surface area contributed by atoms with Crippen molar-refractivity contribution in [2.24, 2.45) is 5.92 Å². The molecule has 3 aromatic rings. The second-order valence-corrected chi connectivity index (χ2v) is 14.4. The Kier molecular flexibility index (Phi) is 10.1. The lowest BCUT2D eigenvalue weighted by Gasteiger charge is -2.37. The molecule has 42 heavy (non-hydrogen) atoms. The Morgan fingerprint density at radius 1 is 1.02 bits per heavy atom. The minimum Gasteiger partial charge on any atom is -0.477 e. The molecule has 226 valence electrons. The molecule has 0 bridgehead atoms. The zero-order valence-electron chi connectivity index (χ0n) is 24.8. The Morgan fingerprint density at radius 2 is 1.62 bits per heavy atom. The molecule has 2 heterocycles. The third-order valence-electron chi connectivity index (χ3n) is 7.76. The van der Waals surface area contributed by atoms with Crippen molar-refractivity contribution >= 4 is 38.4 Å². The molecule has 0 radical (unpaired) electrons. The molecule has 2 aromatic carbocycles. The quantitative estimate of drug-likeness (QED) is 0.257. The maximum absolute atomic E-state index is 13.8. The van der Waals surface area contributed by atoms with Gasteiger partial charge < -0.3 is 15.7 Å². The first-order chi connectivity index (χ1) is 19.9. The summed E-state index contributed by atoms with van der Waals surface area (Å²) in [5.74, 6) is -0.703. The van der Waals surface area contributed by atoms with Crippen LogP contribution in [0.1, 0.15) is 84.4 Å². The highest BCUT2D eigenvalue weighted by Gasteiger charge is 2.40. The molecule has 1 aliphatic rings. The van der Waals surface area contributed by atoms with Crippen molar-refractivity contribution in [3.8, 4) is 0 Å². The molecule has 2 atom stereocenters. The summed E-state index contributed by atoms with van der Waals surface area (Å²) >= 11 is 1.07. The average Bonchev–Trinajstić information content (AvgIpc) is 3.35. The number of hydrogen-bond acceptors (Lipinski definition) is 7. The maximum atomic E-state index is 13.8. The van der Waals surface area contributed by atoms with E-state index in [9.17, 15) is 23.1 Å². The number of carbonyl (C=O) groups is 2. The van der Waals surface area contributed by atoms with Crippen LogP contribution in [0.5, 0.6) is 0 Å². The van der Waals surface area contributed by atoms with E-state index in [0.29, 0.717) is 42.7 Å². The van der Waals surface area contributed by atoms with Gasteiger partial charge in [0.2, 0.25) is 15.9 Å². The smallest absolute Gasteiger partial charge is 0.347 e. The number of anilines is 1. The van der Waals surface area contributed by atoms with Crippen LogP contribution in [-0.4, -0.2) is 53.8 Å². The van der Waals surface area contributed by atoms with Gasteiger partial charge in [-0.3, -0.25) is 4.79 Å². The number of aryl methyl sites for hydroxylation is 1. The fourth-order valence-corrected chi connectivity index (χ4v) is 7.54. The number of thiazole rings is 1. The number of aromatic carboxylic acids is 1. The van der Waals surface area contributed by atoms with Gasteiger partial charge in [-0.05, 0) is 66.3 Å². The fourth-order valence-electron chi connectivity index (χ4n) is 5.12. The Morgan fingerprint density at radius 3 is 2.17 bits per heavy atom. The van der Waals surface area contributed by atoms with Crippen molar-refractivity contribution < 1.29 is 23.1 Å². The normalized spacial score (nSPS) is 17.9. The van der Waals surface area contributed by atoms with E-state index in [0.717, 1.165) is 22.5 Å². The van der Waals surface area contributed by atoms with Crippen LogP contribution in [0.2, 0.25) is 0 Å². The molecule has 1 saturated heterocycles. The number of sulfonamides is 1. The average molecular weight is 613 g/mol. The molecule has 3 N–H and O–H groups in total. The number of nitrogens with zero attached hydrogens (tertiary/aromatic N) is 2. The molecule has 0 saturated carbocycles. The van der Waals surface area contributed by atoms with Gasteiger partial charge in [0, 0.05) is 19.6 Å². The van der Waals surface area contributed by atoms with E-state index in [4.69, 9.17) is 0 Å². The highest BCUT2D eigenvalue weighted by atomic mass is 32.2. The van der Waals surface area contributed by atoms with Gasteiger partial charge in [0.25, 0.3) is 0 Å². The molecule has 1 fully saturated rings. The highest BCUT2D eigenvalue weighted by molar-refractivity contribution is 7.89. The van der Waals surface area contributed by atoms with Gasteiger partial charge in [-0.15, -0.1) is 0 Å². The predicted molar refractivity (Wildman–Crippen MR) is 166 cm³/mol. The lowest BCUT2D eigenvalue weighted by Crippen LogP contribution is -2.54. The van der Waals surface area contributed by atoms with Crippen molar-refractivity contribution in [3.63, 3.8) is 0 Å². The Balaban J connectivity index is 1.52. The van der Waals surface area contributed by atoms with Crippen LogP contribution in [0.4, 0.5) is 5.13 Å². The molecule has 9 nitrogen and oxygen atoms in total. The number of rotatable bonds is 11. The largest absolute Gasteiger partial charge is 0.477 e. The van der Waals surface area contributed by atoms with E-state index in [1.165, 1.54) is 9.87 Å². The van der Waals surface area contributed by atoms with Gasteiger partial charge in [0.05, 0.1) is 10.6 Å². The molecule has 1 aromatic heterocycles. The van der Waals surface area contributed by atoms with Gasteiger partial charge in [0.15, 0.2) is 5.13 Å². The van der Waals surface area contributed by atoms with Crippen molar-refractivity contribution in [2.45, 2.75) is 76.8 Å². The SMILES string of the molecule is Cc1nc(NC[C@@H]2CCN(S(=O)(=O)c3ccc(C(C)C)cc3)[C@@H](C(=O)NCc3ccc(C(C)C)cc3)C2)sc1C(=O)O. The lowest BCUT2D eigenvalue weighted by atomic mass is 9.92. The van der Waals surface area contributed by atoms with E-state index >= 15 is 0 Å². The van der Waals surface area contributed by atoms with Crippen molar-refractivity contribution in [3.05, 3.63) is 75.8 Å². The standard InChI is InChI=1S/C31H40N4O5S2/c1-19(2)24-8-6-22(7-9-24)17-32-29(36)27-16-23(18-33-31-34-21(5)28(41-31)30(37)38)14-15-35(27)42(39,40)26-12-10-25(11-13-26)20(3)4/h6-13,19-20,23,27H,14-18H2,1-5H3,(H,32,36)(H,33,34)(H,37,38)/t23-,27-/m1/s1. The van der Waals surface area contributed by atoms with E-state index in [2.05, 4.69) is 43.3 Å². The van der Waals surface area contributed by atoms with Crippen LogP contribution in [0.25, 0.3) is 0 Å². The Labute approximate surface area is 252 Å². The zero-order chi connectivity index (χ0) is 30.6. The topological polar surface area (TPSA) is 129 Å². The Bertz CT molecular complexity index is 1500. The number of nitrogens with one attached hydrogen (secondary N) is 2. The predicted octanol–water partition coefficient (Wildman–Crippen LogP) is 5.59. The van der Waals surface area contributed by atoms with Crippen LogP contribution in [0.15, 0.2) is 53.4 Å². The Hall–Kier alpha value is -3.28. The first-order valence-corrected chi connectivity index (χ1v) is 16.6.